The minimum Gasteiger partial charge on any atom is -0.490 e. The molecule has 1 aliphatic heterocycles. The van der Waals surface area contributed by atoms with Crippen molar-refractivity contribution in [2.24, 2.45) is 0 Å². The van der Waals surface area contributed by atoms with Crippen molar-refractivity contribution in [1.29, 1.82) is 0 Å². The monoisotopic (exact) mass is 265 g/mol. The van der Waals surface area contributed by atoms with Crippen LogP contribution in [-0.2, 0) is 0 Å². The van der Waals surface area contributed by atoms with E-state index in [9.17, 15) is 0 Å². The smallest absolute Gasteiger partial charge is 0.162 e. The van der Waals surface area contributed by atoms with Gasteiger partial charge in [0.2, 0.25) is 0 Å². The van der Waals surface area contributed by atoms with E-state index >= 15 is 0 Å². The van der Waals surface area contributed by atoms with E-state index in [2.05, 4.69) is 11.8 Å². The first kappa shape index (κ1) is 12.4. The molecule has 1 aliphatic rings. The van der Waals surface area contributed by atoms with Crippen LogP contribution in [0.25, 0.3) is 0 Å². The van der Waals surface area contributed by atoms with E-state index in [0.29, 0.717) is 13.2 Å². The Morgan fingerprint density at radius 1 is 0.850 bits per heavy atom. The zero-order chi connectivity index (χ0) is 13.8. The summed E-state index contributed by atoms with van der Waals surface area (Å²) in [5, 5.41) is 0. The van der Waals surface area contributed by atoms with Gasteiger partial charge < -0.3 is 15.2 Å². The number of nitrogens with two attached hydrogens (primary N) is 1. The maximum Gasteiger partial charge on any atom is 0.162 e. The Hall–Kier alpha value is -2.60. The second-order valence-corrected chi connectivity index (χ2v) is 4.59. The van der Waals surface area contributed by atoms with Crippen LogP contribution in [0.3, 0.4) is 0 Å². The zero-order valence-corrected chi connectivity index (χ0v) is 11.1. The van der Waals surface area contributed by atoms with Gasteiger partial charge in [-0.1, -0.05) is 17.9 Å². The van der Waals surface area contributed by atoms with Crippen molar-refractivity contribution in [3.63, 3.8) is 0 Å². The largest absolute Gasteiger partial charge is 0.490 e. The number of anilines is 1. The van der Waals surface area contributed by atoms with E-state index < -0.39 is 0 Å². The summed E-state index contributed by atoms with van der Waals surface area (Å²) in [6, 6.07) is 13.3. The van der Waals surface area contributed by atoms with Gasteiger partial charge in [0.25, 0.3) is 0 Å². The summed E-state index contributed by atoms with van der Waals surface area (Å²) in [4.78, 5) is 0. The molecular weight excluding hydrogens is 250 g/mol. The Kier molecular flexibility index (Phi) is 3.47. The molecule has 0 unspecified atom stereocenters. The van der Waals surface area contributed by atoms with Gasteiger partial charge in [-0.05, 0) is 36.4 Å². The lowest BCUT2D eigenvalue weighted by Crippen LogP contribution is -1.97. The Morgan fingerprint density at radius 2 is 1.60 bits per heavy atom. The Balaban J connectivity index is 1.87. The van der Waals surface area contributed by atoms with Crippen molar-refractivity contribution in [2.75, 3.05) is 18.9 Å². The molecule has 3 rings (SSSR count). The maximum absolute atomic E-state index is 5.73. The van der Waals surface area contributed by atoms with Crippen molar-refractivity contribution >= 4 is 5.69 Å². The van der Waals surface area contributed by atoms with E-state index in [1.54, 1.807) is 0 Å². The van der Waals surface area contributed by atoms with Crippen molar-refractivity contribution < 1.29 is 9.47 Å². The lowest BCUT2D eigenvalue weighted by molar-refractivity contribution is 0.297. The van der Waals surface area contributed by atoms with Crippen LogP contribution < -0.4 is 15.2 Å². The van der Waals surface area contributed by atoms with Gasteiger partial charge in [-0.25, -0.2) is 0 Å². The molecule has 0 saturated carbocycles. The fourth-order valence-electron chi connectivity index (χ4n) is 2.00. The maximum atomic E-state index is 5.73. The number of fused-ring (bicyclic) bond motifs is 1. The van der Waals surface area contributed by atoms with Gasteiger partial charge in [0.15, 0.2) is 11.5 Å². The van der Waals surface area contributed by atoms with Crippen LogP contribution in [-0.4, -0.2) is 13.2 Å². The molecule has 0 saturated heterocycles. The second kappa shape index (κ2) is 5.58. The fraction of sp³-hybridized carbons (Fsp3) is 0.176. The van der Waals surface area contributed by atoms with Crippen LogP contribution in [0.4, 0.5) is 5.69 Å². The van der Waals surface area contributed by atoms with E-state index in [-0.39, 0.29) is 0 Å². The standard InChI is InChI=1S/C17H15NO2/c18-15-4-1-3-13(11-15)5-6-14-7-8-16-17(12-14)20-10-2-9-19-16/h1,3-4,7-8,11-12H,2,9-10,18H2. The van der Waals surface area contributed by atoms with Gasteiger partial charge in [0.05, 0.1) is 13.2 Å². The highest BCUT2D eigenvalue weighted by Crippen LogP contribution is 2.30. The molecule has 0 spiro atoms. The van der Waals surface area contributed by atoms with Gasteiger partial charge in [-0.2, -0.15) is 0 Å². The van der Waals surface area contributed by atoms with Crippen molar-refractivity contribution in [1.82, 2.24) is 0 Å². The van der Waals surface area contributed by atoms with Gasteiger partial charge >= 0.3 is 0 Å². The van der Waals surface area contributed by atoms with Crippen LogP contribution in [0.1, 0.15) is 17.5 Å². The SMILES string of the molecule is Nc1cccc(C#Cc2ccc3c(c2)OCCCO3)c1. The van der Waals surface area contributed by atoms with Crippen molar-refractivity contribution in [3.8, 4) is 23.3 Å². The molecule has 1 heterocycles. The van der Waals surface area contributed by atoms with Gasteiger partial charge in [0.1, 0.15) is 0 Å². The van der Waals surface area contributed by atoms with Crippen molar-refractivity contribution in [2.45, 2.75) is 6.42 Å². The Bertz CT molecular complexity index is 683. The summed E-state index contributed by atoms with van der Waals surface area (Å²) >= 11 is 0. The molecular formula is C17H15NO2. The summed E-state index contributed by atoms with van der Waals surface area (Å²) in [5.74, 6) is 7.77. The molecule has 2 N–H and O–H groups in total. The van der Waals surface area contributed by atoms with Crippen LogP contribution in [0.15, 0.2) is 42.5 Å². The molecule has 0 amide bonds. The lowest BCUT2D eigenvalue weighted by Gasteiger charge is -2.06. The molecule has 2 aromatic carbocycles. The average molecular weight is 265 g/mol. The van der Waals surface area contributed by atoms with E-state index in [4.69, 9.17) is 15.2 Å². The molecule has 20 heavy (non-hydrogen) atoms. The molecule has 100 valence electrons. The summed E-state index contributed by atoms with van der Waals surface area (Å²) in [6.07, 6.45) is 0.902. The van der Waals surface area contributed by atoms with Crippen LogP contribution in [0.5, 0.6) is 11.5 Å². The Morgan fingerprint density at radius 3 is 2.40 bits per heavy atom. The molecule has 0 radical (unpaired) electrons. The van der Waals surface area contributed by atoms with Crippen molar-refractivity contribution in [3.05, 3.63) is 53.6 Å². The average Bonchev–Trinajstić information content (AvgIpc) is 2.70. The number of ether oxygens (including phenoxy) is 2. The fourth-order valence-corrected chi connectivity index (χ4v) is 2.00. The molecule has 0 bridgehead atoms. The molecule has 3 heteroatoms. The van der Waals surface area contributed by atoms with Crippen LogP contribution >= 0.6 is 0 Å². The summed E-state index contributed by atoms with van der Waals surface area (Å²) in [5.41, 5.74) is 8.25. The van der Waals surface area contributed by atoms with Gasteiger partial charge in [-0.3, -0.25) is 0 Å². The summed E-state index contributed by atoms with van der Waals surface area (Å²) < 4.78 is 11.2. The number of benzene rings is 2. The number of nitrogen functional groups attached to an aromatic ring is 1. The molecule has 0 aromatic heterocycles. The molecule has 3 nitrogen and oxygen atoms in total. The quantitative estimate of drug-likeness (QED) is 0.588. The second-order valence-electron chi connectivity index (χ2n) is 4.59. The molecule has 0 fully saturated rings. The van der Waals surface area contributed by atoms with E-state index in [0.717, 1.165) is 34.7 Å². The molecule has 2 aromatic rings. The summed E-state index contributed by atoms with van der Waals surface area (Å²) in [7, 11) is 0. The zero-order valence-electron chi connectivity index (χ0n) is 11.1. The number of rotatable bonds is 0. The first-order chi connectivity index (χ1) is 9.81. The minimum absolute atomic E-state index is 0.680. The van der Waals surface area contributed by atoms with E-state index in [1.807, 2.05) is 42.5 Å². The molecule has 0 atom stereocenters. The van der Waals surface area contributed by atoms with Gasteiger partial charge in [-0.15, -0.1) is 0 Å². The Labute approximate surface area is 118 Å². The predicted octanol–water partition coefficient (Wildman–Crippen LogP) is 2.83. The first-order valence-electron chi connectivity index (χ1n) is 6.58. The minimum atomic E-state index is 0.680. The normalized spacial score (nSPS) is 13.0. The van der Waals surface area contributed by atoms with Crippen LogP contribution in [0, 0.1) is 11.8 Å². The van der Waals surface area contributed by atoms with E-state index in [1.165, 1.54) is 0 Å². The third kappa shape index (κ3) is 2.86. The van der Waals surface area contributed by atoms with Crippen LogP contribution in [0.2, 0.25) is 0 Å². The number of hydrogen-bond donors (Lipinski definition) is 1. The lowest BCUT2D eigenvalue weighted by atomic mass is 10.1. The number of hydrogen-bond acceptors (Lipinski definition) is 3. The third-order valence-corrected chi connectivity index (χ3v) is 2.99. The highest BCUT2D eigenvalue weighted by atomic mass is 16.5. The summed E-state index contributed by atoms with van der Waals surface area (Å²) in [6.45, 7) is 1.38. The van der Waals surface area contributed by atoms with Gasteiger partial charge in [0, 0.05) is 23.2 Å². The molecule has 0 aliphatic carbocycles. The third-order valence-electron chi connectivity index (χ3n) is 2.99. The highest BCUT2D eigenvalue weighted by molar-refractivity contribution is 5.52. The predicted molar refractivity (Wildman–Crippen MR) is 78.9 cm³/mol. The first-order valence-corrected chi connectivity index (χ1v) is 6.58. The highest BCUT2D eigenvalue weighted by Gasteiger charge is 2.09. The topological polar surface area (TPSA) is 44.5 Å².